The van der Waals surface area contributed by atoms with E-state index >= 15 is 0 Å². The van der Waals surface area contributed by atoms with Crippen molar-refractivity contribution < 1.29 is 4.74 Å². The van der Waals surface area contributed by atoms with Crippen molar-refractivity contribution in [1.29, 1.82) is 0 Å². The van der Waals surface area contributed by atoms with Gasteiger partial charge in [-0.05, 0) is 50.3 Å². The molecule has 0 saturated heterocycles. The van der Waals surface area contributed by atoms with Gasteiger partial charge in [0.1, 0.15) is 5.75 Å². The van der Waals surface area contributed by atoms with Crippen LogP contribution in [0.25, 0.3) is 0 Å². The molecule has 1 aromatic rings. The summed E-state index contributed by atoms with van der Waals surface area (Å²) < 4.78 is 5.55. The van der Waals surface area contributed by atoms with Crippen LogP contribution in [0.3, 0.4) is 0 Å². The Bertz CT molecular complexity index is 376. The summed E-state index contributed by atoms with van der Waals surface area (Å²) in [4.78, 5) is 0. The molecule has 0 radical (unpaired) electrons. The Labute approximate surface area is 108 Å². The highest BCUT2D eigenvalue weighted by Gasteiger charge is 2.27. The zero-order valence-electron chi connectivity index (χ0n) is 10.5. The van der Waals surface area contributed by atoms with Gasteiger partial charge >= 0.3 is 0 Å². The van der Waals surface area contributed by atoms with Gasteiger partial charge < -0.3 is 10.1 Å². The minimum absolute atomic E-state index is 0.536. The molecule has 1 fully saturated rings. The Kier molecular flexibility index (Phi) is 4.16. The fourth-order valence-electron chi connectivity index (χ4n) is 1.90. The van der Waals surface area contributed by atoms with E-state index in [1.165, 1.54) is 12.8 Å². The summed E-state index contributed by atoms with van der Waals surface area (Å²) in [5.41, 5.74) is 1.08. The Hall–Kier alpha value is -0.890. The molecule has 3 heteroatoms. The summed E-state index contributed by atoms with van der Waals surface area (Å²) in [6.45, 7) is 5.03. The van der Waals surface area contributed by atoms with E-state index in [9.17, 15) is 0 Å². The lowest BCUT2D eigenvalue weighted by molar-refractivity contribution is 0.317. The first-order chi connectivity index (χ1) is 8.20. The van der Waals surface area contributed by atoms with Crippen molar-refractivity contribution in [2.24, 2.45) is 5.92 Å². The SMILES string of the molecule is CCCOc1ccc(NC(C)C2CC2)cc1Cl. The third-order valence-corrected chi connectivity index (χ3v) is 3.41. The lowest BCUT2D eigenvalue weighted by Crippen LogP contribution is -2.17. The Balaban J connectivity index is 1.97. The molecule has 0 bridgehead atoms. The Morgan fingerprint density at radius 3 is 2.82 bits per heavy atom. The number of halogens is 1. The standard InChI is InChI=1S/C14H20ClNO/c1-3-8-17-14-7-6-12(9-13(14)15)16-10(2)11-4-5-11/h6-7,9-11,16H,3-5,8H2,1-2H3. The van der Waals surface area contributed by atoms with Gasteiger partial charge in [-0.25, -0.2) is 0 Å². The van der Waals surface area contributed by atoms with E-state index in [-0.39, 0.29) is 0 Å². The topological polar surface area (TPSA) is 21.3 Å². The smallest absolute Gasteiger partial charge is 0.138 e. The van der Waals surface area contributed by atoms with Crippen molar-refractivity contribution in [3.05, 3.63) is 23.2 Å². The highest BCUT2D eigenvalue weighted by atomic mass is 35.5. The average molecular weight is 254 g/mol. The van der Waals surface area contributed by atoms with Crippen molar-refractivity contribution >= 4 is 17.3 Å². The van der Waals surface area contributed by atoms with Gasteiger partial charge in [0, 0.05) is 11.7 Å². The van der Waals surface area contributed by atoms with Gasteiger partial charge in [-0.2, -0.15) is 0 Å². The molecule has 1 N–H and O–H groups in total. The molecule has 17 heavy (non-hydrogen) atoms. The third kappa shape index (κ3) is 3.53. The van der Waals surface area contributed by atoms with E-state index in [1.807, 2.05) is 18.2 Å². The third-order valence-electron chi connectivity index (χ3n) is 3.12. The number of hydrogen-bond acceptors (Lipinski definition) is 2. The predicted molar refractivity (Wildman–Crippen MR) is 73.0 cm³/mol. The van der Waals surface area contributed by atoms with Crippen molar-refractivity contribution in [2.45, 2.75) is 39.2 Å². The highest BCUT2D eigenvalue weighted by Crippen LogP contribution is 2.35. The van der Waals surface area contributed by atoms with Gasteiger partial charge in [0.05, 0.1) is 11.6 Å². The van der Waals surface area contributed by atoms with Crippen molar-refractivity contribution in [3.63, 3.8) is 0 Å². The molecule has 2 nitrogen and oxygen atoms in total. The van der Waals surface area contributed by atoms with Crippen LogP contribution in [-0.2, 0) is 0 Å². The lowest BCUT2D eigenvalue weighted by Gasteiger charge is -2.15. The molecule has 0 heterocycles. The molecular formula is C14H20ClNO. The predicted octanol–water partition coefficient (Wildman–Crippen LogP) is 4.34. The molecule has 0 aliphatic heterocycles. The minimum Gasteiger partial charge on any atom is -0.492 e. The van der Waals surface area contributed by atoms with Gasteiger partial charge in [0.2, 0.25) is 0 Å². The quantitative estimate of drug-likeness (QED) is 0.814. The van der Waals surface area contributed by atoms with E-state index in [0.717, 1.165) is 23.8 Å². The first-order valence-electron chi connectivity index (χ1n) is 6.39. The second-order valence-electron chi connectivity index (χ2n) is 4.76. The molecular weight excluding hydrogens is 234 g/mol. The largest absolute Gasteiger partial charge is 0.492 e. The molecule has 0 aromatic heterocycles. The average Bonchev–Trinajstić information content (AvgIpc) is 3.11. The number of nitrogens with one attached hydrogen (secondary N) is 1. The molecule has 1 aromatic carbocycles. The van der Waals surface area contributed by atoms with Gasteiger partial charge in [-0.3, -0.25) is 0 Å². The maximum absolute atomic E-state index is 6.18. The number of benzene rings is 1. The van der Waals surface area contributed by atoms with E-state index < -0.39 is 0 Å². The summed E-state index contributed by atoms with van der Waals surface area (Å²) in [6.07, 6.45) is 3.69. The second-order valence-corrected chi connectivity index (χ2v) is 5.17. The van der Waals surface area contributed by atoms with Gasteiger partial charge in [-0.15, -0.1) is 0 Å². The second kappa shape index (κ2) is 5.63. The zero-order valence-corrected chi connectivity index (χ0v) is 11.3. The number of rotatable bonds is 6. The fourth-order valence-corrected chi connectivity index (χ4v) is 2.13. The van der Waals surface area contributed by atoms with Crippen LogP contribution in [0.1, 0.15) is 33.1 Å². The fraction of sp³-hybridized carbons (Fsp3) is 0.571. The monoisotopic (exact) mass is 253 g/mol. The zero-order chi connectivity index (χ0) is 12.3. The minimum atomic E-state index is 0.536. The van der Waals surface area contributed by atoms with Crippen LogP contribution < -0.4 is 10.1 Å². The van der Waals surface area contributed by atoms with Crippen LogP contribution in [0.15, 0.2) is 18.2 Å². The molecule has 1 aliphatic carbocycles. The highest BCUT2D eigenvalue weighted by molar-refractivity contribution is 6.32. The molecule has 94 valence electrons. The maximum atomic E-state index is 6.18. The van der Waals surface area contributed by atoms with E-state index in [0.29, 0.717) is 17.7 Å². The molecule has 1 aliphatic rings. The van der Waals surface area contributed by atoms with Crippen LogP contribution in [0.2, 0.25) is 5.02 Å². The van der Waals surface area contributed by atoms with Crippen LogP contribution in [0.4, 0.5) is 5.69 Å². The summed E-state index contributed by atoms with van der Waals surface area (Å²) in [7, 11) is 0. The Morgan fingerprint density at radius 2 is 2.24 bits per heavy atom. The molecule has 1 unspecified atom stereocenters. The number of hydrogen-bond donors (Lipinski definition) is 1. The summed E-state index contributed by atoms with van der Waals surface area (Å²) in [5.74, 6) is 1.61. The molecule has 2 rings (SSSR count). The molecule has 1 atom stereocenters. The van der Waals surface area contributed by atoms with Crippen molar-refractivity contribution in [1.82, 2.24) is 0 Å². The Morgan fingerprint density at radius 1 is 1.47 bits per heavy atom. The van der Waals surface area contributed by atoms with Gasteiger partial charge in [0.25, 0.3) is 0 Å². The molecule has 0 amide bonds. The summed E-state index contributed by atoms with van der Waals surface area (Å²) in [5, 5.41) is 4.17. The summed E-state index contributed by atoms with van der Waals surface area (Å²) >= 11 is 6.18. The normalized spacial score (nSPS) is 16.6. The van der Waals surface area contributed by atoms with Crippen molar-refractivity contribution in [2.75, 3.05) is 11.9 Å². The van der Waals surface area contributed by atoms with Gasteiger partial charge in [-0.1, -0.05) is 18.5 Å². The number of ether oxygens (including phenoxy) is 1. The van der Waals surface area contributed by atoms with E-state index in [1.54, 1.807) is 0 Å². The number of anilines is 1. The van der Waals surface area contributed by atoms with Crippen LogP contribution >= 0.6 is 11.6 Å². The van der Waals surface area contributed by atoms with E-state index in [4.69, 9.17) is 16.3 Å². The molecule has 1 saturated carbocycles. The van der Waals surface area contributed by atoms with Crippen molar-refractivity contribution in [3.8, 4) is 5.75 Å². The maximum Gasteiger partial charge on any atom is 0.138 e. The first kappa shape index (κ1) is 12.6. The van der Waals surface area contributed by atoms with E-state index in [2.05, 4.69) is 19.2 Å². The van der Waals surface area contributed by atoms with Crippen LogP contribution in [-0.4, -0.2) is 12.6 Å². The van der Waals surface area contributed by atoms with Crippen LogP contribution in [0.5, 0.6) is 5.75 Å². The van der Waals surface area contributed by atoms with Crippen LogP contribution in [0, 0.1) is 5.92 Å². The molecule has 0 spiro atoms. The van der Waals surface area contributed by atoms with Gasteiger partial charge in [0.15, 0.2) is 0 Å². The first-order valence-corrected chi connectivity index (χ1v) is 6.77. The summed E-state index contributed by atoms with van der Waals surface area (Å²) in [6, 6.07) is 6.47. The lowest BCUT2D eigenvalue weighted by atomic mass is 10.2.